The van der Waals surface area contributed by atoms with E-state index in [1.807, 2.05) is 36.4 Å². The second-order valence-corrected chi connectivity index (χ2v) is 9.20. The summed E-state index contributed by atoms with van der Waals surface area (Å²) in [5.74, 6) is 0.446. The smallest absolute Gasteiger partial charge is 0.234 e. The Morgan fingerprint density at radius 1 is 0.611 bits per heavy atom. The fraction of sp³-hybridized carbons (Fsp3) is 0.462. The van der Waals surface area contributed by atoms with Crippen LogP contribution >= 0.6 is 0 Å². The number of carbonyl (C=O) groups excluding carboxylic acids is 2. The lowest BCUT2D eigenvalue weighted by atomic mass is 10.2. The molecule has 0 bridgehead atoms. The molecule has 2 heterocycles. The Hall–Kier alpha value is -3.50. The first-order chi connectivity index (χ1) is 17.5. The third-order valence-corrected chi connectivity index (χ3v) is 6.69. The van der Waals surface area contributed by atoms with Gasteiger partial charge in [0.25, 0.3) is 0 Å². The topological polar surface area (TPSA) is 112 Å². The third kappa shape index (κ3) is 7.02. The Kier molecular flexibility index (Phi) is 8.85. The molecular formula is C26H36N6O4. The van der Waals surface area contributed by atoms with Crippen molar-refractivity contribution in [2.24, 2.45) is 0 Å². The van der Waals surface area contributed by atoms with Crippen LogP contribution in [0.1, 0.15) is 0 Å². The Bertz CT molecular complexity index is 937. The fourth-order valence-electron chi connectivity index (χ4n) is 4.68. The van der Waals surface area contributed by atoms with Crippen molar-refractivity contribution in [3.05, 3.63) is 48.5 Å². The van der Waals surface area contributed by atoms with Gasteiger partial charge < -0.3 is 30.6 Å². The number of aromatic hydroxyl groups is 2. The van der Waals surface area contributed by atoms with E-state index in [0.717, 1.165) is 63.7 Å². The minimum absolute atomic E-state index is 0.0551. The highest BCUT2D eigenvalue weighted by Gasteiger charge is 2.22. The van der Waals surface area contributed by atoms with E-state index in [4.69, 9.17) is 0 Å². The van der Waals surface area contributed by atoms with Crippen LogP contribution in [0.15, 0.2) is 48.5 Å². The standard InChI is InChI=1S/C26H36N6O4/c33-23-7-3-1-5-21(23)31-15-11-29(12-16-31)19-25(35)27-9-10-28-26(36)20-30-13-17-32(18-14-30)22-6-2-4-8-24(22)34/h1-8,33-34H,9-20H2,(H,27,35)(H,28,36). The van der Waals surface area contributed by atoms with Crippen molar-refractivity contribution in [3.63, 3.8) is 0 Å². The van der Waals surface area contributed by atoms with Gasteiger partial charge in [0.15, 0.2) is 0 Å². The Morgan fingerprint density at radius 2 is 0.972 bits per heavy atom. The number of phenolic OH excluding ortho intramolecular Hbond substituents is 2. The molecule has 4 rings (SSSR count). The number of rotatable bonds is 9. The molecule has 4 N–H and O–H groups in total. The maximum Gasteiger partial charge on any atom is 0.234 e. The summed E-state index contributed by atoms with van der Waals surface area (Å²) in [7, 11) is 0. The van der Waals surface area contributed by atoms with Crippen LogP contribution in [0.4, 0.5) is 11.4 Å². The molecule has 0 unspecified atom stereocenters. The van der Waals surface area contributed by atoms with Crippen LogP contribution in [0, 0.1) is 0 Å². The summed E-state index contributed by atoms with van der Waals surface area (Å²) in [6.45, 7) is 7.42. The van der Waals surface area contributed by atoms with Crippen molar-refractivity contribution in [3.8, 4) is 11.5 Å². The molecule has 0 spiro atoms. The number of hydrogen-bond acceptors (Lipinski definition) is 8. The number of para-hydroxylation sites is 4. The van der Waals surface area contributed by atoms with E-state index in [1.165, 1.54) is 0 Å². The Labute approximate surface area is 212 Å². The molecule has 36 heavy (non-hydrogen) atoms. The summed E-state index contributed by atoms with van der Waals surface area (Å²) in [6, 6.07) is 14.6. The van der Waals surface area contributed by atoms with Crippen molar-refractivity contribution < 1.29 is 19.8 Å². The molecule has 0 saturated carbocycles. The second-order valence-electron chi connectivity index (χ2n) is 9.20. The average molecular weight is 497 g/mol. The summed E-state index contributed by atoms with van der Waals surface area (Å²) < 4.78 is 0. The van der Waals surface area contributed by atoms with Crippen molar-refractivity contribution in [2.45, 2.75) is 0 Å². The van der Waals surface area contributed by atoms with Gasteiger partial charge >= 0.3 is 0 Å². The largest absolute Gasteiger partial charge is 0.506 e. The molecule has 2 fully saturated rings. The molecule has 2 aromatic carbocycles. The van der Waals surface area contributed by atoms with Gasteiger partial charge in [-0.15, -0.1) is 0 Å². The predicted molar refractivity (Wildman–Crippen MR) is 140 cm³/mol. The monoisotopic (exact) mass is 496 g/mol. The van der Waals surface area contributed by atoms with Crippen molar-refractivity contribution in [2.75, 3.05) is 88.3 Å². The summed E-state index contributed by atoms with van der Waals surface area (Å²) in [4.78, 5) is 33.1. The highest BCUT2D eigenvalue weighted by molar-refractivity contribution is 5.79. The SMILES string of the molecule is O=C(CN1CCN(c2ccccc2O)CC1)NCCNC(=O)CN1CCN(c2ccccc2O)CC1. The van der Waals surface area contributed by atoms with Crippen LogP contribution in [0.3, 0.4) is 0 Å². The first-order valence-electron chi connectivity index (χ1n) is 12.5. The predicted octanol–water partition coefficient (Wildman–Crippen LogP) is 0.274. The molecule has 2 aromatic rings. The highest BCUT2D eigenvalue weighted by Crippen LogP contribution is 2.28. The van der Waals surface area contributed by atoms with Gasteiger partial charge in [-0.2, -0.15) is 0 Å². The Balaban J connectivity index is 1.06. The maximum absolute atomic E-state index is 12.3. The summed E-state index contributed by atoms with van der Waals surface area (Å²) in [5, 5.41) is 25.8. The minimum Gasteiger partial charge on any atom is -0.506 e. The van der Waals surface area contributed by atoms with E-state index in [9.17, 15) is 19.8 Å². The lowest BCUT2D eigenvalue weighted by Gasteiger charge is -2.36. The molecule has 0 aliphatic carbocycles. The molecular weight excluding hydrogens is 460 g/mol. The number of amides is 2. The zero-order valence-electron chi connectivity index (χ0n) is 20.6. The molecule has 10 heteroatoms. The van der Waals surface area contributed by atoms with Gasteiger partial charge in [-0.05, 0) is 24.3 Å². The summed E-state index contributed by atoms with van der Waals surface area (Å²) in [5.41, 5.74) is 1.66. The number of benzene rings is 2. The second kappa shape index (κ2) is 12.5. The van der Waals surface area contributed by atoms with Gasteiger partial charge in [-0.25, -0.2) is 0 Å². The Morgan fingerprint density at radius 3 is 1.33 bits per heavy atom. The molecule has 0 radical (unpaired) electrons. The van der Waals surface area contributed by atoms with Crippen LogP contribution in [0.2, 0.25) is 0 Å². The van der Waals surface area contributed by atoms with Gasteiger partial charge in [0.1, 0.15) is 11.5 Å². The van der Waals surface area contributed by atoms with Crippen LogP contribution in [0.5, 0.6) is 11.5 Å². The number of carbonyl (C=O) groups is 2. The number of piperazine rings is 2. The van der Waals surface area contributed by atoms with E-state index in [2.05, 4.69) is 30.2 Å². The first-order valence-corrected chi connectivity index (χ1v) is 12.5. The number of phenols is 2. The van der Waals surface area contributed by atoms with Gasteiger partial charge in [0, 0.05) is 65.4 Å². The lowest BCUT2D eigenvalue weighted by Crippen LogP contribution is -2.51. The van der Waals surface area contributed by atoms with E-state index in [-0.39, 0.29) is 23.3 Å². The van der Waals surface area contributed by atoms with E-state index >= 15 is 0 Å². The fourth-order valence-corrected chi connectivity index (χ4v) is 4.68. The van der Waals surface area contributed by atoms with Crippen LogP contribution < -0.4 is 20.4 Å². The van der Waals surface area contributed by atoms with E-state index in [0.29, 0.717) is 26.2 Å². The van der Waals surface area contributed by atoms with Gasteiger partial charge in [0.2, 0.25) is 11.8 Å². The number of nitrogens with zero attached hydrogens (tertiary/aromatic N) is 4. The van der Waals surface area contributed by atoms with Crippen LogP contribution in [0.25, 0.3) is 0 Å². The van der Waals surface area contributed by atoms with Crippen molar-refractivity contribution >= 4 is 23.2 Å². The molecule has 194 valence electrons. The van der Waals surface area contributed by atoms with Crippen LogP contribution in [-0.2, 0) is 9.59 Å². The van der Waals surface area contributed by atoms with Gasteiger partial charge in [-0.1, -0.05) is 24.3 Å². The average Bonchev–Trinajstić information content (AvgIpc) is 2.88. The molecule has 2 aliphatic heterocycles. The number of anilines is 2. The number of hydrogen-bond donors (Lipinski definition) is 4. The quantitative estimate of drug-likeness (QED) is 0.366. The zero-order chi connectivity index (χ0) is 25.3. The van der Waals surface area contributed by atoms with Gasteiger partial charge in [0.05, 0.1) is 24.5 Å². The molecule has 2 aliphatic rings. The lowest BCUT2D eigenvalue weighted by molar-refractivity contribution is -0.124. The minimum atomic E-state index is -0.0551. The molecule has 2 saturated heterocycles. The van der Waals surface area contributed by atoms with Crippen molar-refractivity contribution in [1.82, 2.24) is 20.4 Å². The third-order valence-electron chi connectivity index (χ3n) is 6.69. The molecule has 2 amide bonds. The summed E-state index contributed by atoms with van der Waals surface area (Å²) >= 11 is 0. The van der Waals surface area contributed by atoms with Gasteiger partial charge in [-0.3, -0.25) is 19.4 Å². The van der Waals surface area contributed by atoms with Crippen molar-refractivity contribution in [1.29, 1.82) is 0 Å². The van der Waals surface area contributed by atoms with Crippen LogP contribution in [-0.4, -0.2) is 110 Å². The summed E-state index contributed by atoms with van der Waals surface area (Å²) in [6.07, 6.45) is 0. The molecule has 0 atom stereocenters. The highest BCUT2D eigenvalue weighted by atomic mass is 16.3. The molecule has 0 aromatic heterocycles. The maximum atomic E-state index is 12.3. The first kappa shape index (κ1) is 25.6. The molecule has 10 nitrogen and oxygen atoms in total. The van der Waals surface area contributed by atoms with E-state index < -0.39 is 0 Å². The number of nitrogens with one attached hydrogen (secondary N) is 2. The normalized spacial score (nSPS) is 17.1. The zero-order valence-corrected chi connectivity index (χ0v) is 20.6. The van der Waals surface area contributed by atoms with E-state index in [1.54, 1.807) is 12.1 Å².